The van der Waals surface area contributed by atoms with Crippen LogP contribution in [0.15, 0.2) is 24.5 Å². The first kappa shape index (κ1) is 18.1. The van der Waals surface area contributed by atoms with Crippen molar-refractivity contribution in [3.63, 3.8) is 0 Å². The van der Waals surface area contributed by atoms with Gasteiger partial charge in [-0.05, 0) is 19.1 Å². The number of aromatic nitrogens is 2. The van der Waals surface area contributed by atoms with E-state index in [0.29, 0.717) is 16.9 Å². The summed E-state index contributed by atoms with van der Waals surface area (Å²) in [5.74, 6) is -2.04. The summed E-state index contributed by atoms with van der Waals surface area (Å²) in [5, 5.41) is 0.0542. The van der Waals surface area contributed by atoms with Gasteiger partial charge in [0, 0.05) is 18.0 Å². The maximum absolute atomic E-state index is 12.5. The molecule has 2 aromatic rings. The van der Waals surface area contributed by atoms with Gasteiger partial charge in [0.1, 0.15) is 5.01 Å². The second-order valence-electron chi connectivity index (χ2n) is 4.10. The number of nitrogens with zero attached hydrogens (tertiary/aromatic N) is 2. The third-order valence-corrected chi connectivity index (χ3v) is 4.45. The minimum absolute atomic E-state index is 0.0542. The maximum Gasteiger partial charge on any atom is 0.534 e. The van der Waals surface area contributed by atoms with Crippen LogP contribution >= 0.6 is 11.3 Å². The summed E-state index contributed by atoms with van der Waals surface area (Å²) in [7, 11) is -5.97. The molecule has 0 bridgehead atoms. The molecule has 0 N–H and O–H groups in total. The number of hydrogen-bond donors (Lipinski definition) is 0. The Morgan fingerprint density at radius 1 is 1.38 bits per heavy atom. The van der Waals surface area contributed by atoms with Crippen molar-refractivity contribution in [2.24, 2.45) is 0 Å². The average Bonchev–Trinajstić information content (AvgIpc) is 2.90. The molecule has 0 unspecified atom stereocenters. The molecular weight excluding hydrogens is 373 g/mol. The largest absolute Gasteiger partial charge is 0.534 e. The Bertz CT molecular complexity index is 834. The van der Waals surface area contributed by atoms with Gasteiger partial charge in [-0.15, -0.1) is 11.3 Å². The Labute approximate surface area is 138 Å². The third-order valence-electron chi connectivity index (χ3n) is 2.44. The fourth-order valence-corrected chi connectivity index (χ4v) is 2.81. The van der Waals surface area contributed by atoms with Gasteiger partial charge in [0.15, 0.2) is 4.88 Å². The van der Waals surface area contributed by atoms with Gasteiger partial charge in [-0.2, -0.15) is 26.6 Å². The van der Waals surface area contributed by atoms with Crippen molar-refractivity contribution in [3.8, 4) is 16.5 Å². The molecule has 2 heterocycles. The molecule has 0 aliphatic rings. The number of ether oxygens (including phenoxy) is 1. The lowest BCUT2D eigenvalue weighted by molar-refractivity contribution is -0.0501. The molecule has 0 amide bonds. The van der Waals surface area contributed by atoms with Crippen molar-refractivity contribution in [2.45, 2.75) is 12.4 Å². The lowest BCUT2D eigenvalue weighted by Crippen LogP contribution is -2.28. The van der Waals surface area contributed by atoms with E-state index in [2.05, 4.69) is 18.9 Å². The normalized spacial score (nSPS) is 12.0. The molecule has 130 valence electrons. The van der Waals surface area contributed by atoms with Crippen LogP contribution in [0.25, 0.3) is 10.6 Å². The number of thiazole rings is 1. The van der Waals surface area contributed by atoms with E-state index in [0.717, 1.165) is 0 Å². The molecule has 2 rings (SSSR count). The first-order valence-electron chi connectivity index (χ1n) is 6.25. The van der Waals surface area contributed by atoms with Crippen molar-refractivity contribution in [1.29, 1.82) is 0 Å². The fraction of sp³-hybridized carbons (Fsp3) is 0.250. The lowest BCUT2D eigenvalue weighted by atomic mass is 10.3. The Morgan fingerprint density at radius 3 is 2.62 bits per heavy atom. The molecule has 0 radical (unpaired) electrons. The van der Waals surface area contributed by atoms with E-state index >= 15 is 0 Å². The van der Waals surface area contributed by atoms with Crippen LogP contribution in [-0.2, 0) is 14.9 Å². The number of rotatable bonds is 5. The number of halogens is 3. The van der Waals surface area contributed by atoms with Crippen LogP contribution in [0.5, 0.6) is 5.88 Å². The second kappa shape index (κ2) is 6.73. The minimum Gasteiger partial charge on any atom is -0.462 e. The molecule has 12 heteroatoms. The number of pyridine rings is 1. The van der Waals surface area contributed by atoms with E-state index < -0.39 is 32.4 Å². The fourth-order valence-electron chi connectivity index (χ4n) is 1.45. The van der Waals surface area contributed by atoms with E-state index in [4.69, 9.17) is 0 Å². The van der Waals surface area contributed by atoms with Crippen LogP contribution in [0, 0.1) is 0 Å². The van der Waals surface area contributed by atoms with Crippen LogP contribution in [0.3, 0.4) is 0 Å². The Balaban J connectivity index is 2.49. The van der Waals surface area contributed by atoms with Gasteiger partial charge in [-0.3, -0.25) is 4.98 Å². The maximum atomic E-state index is 12.5. The van der Waals surface area contributed by atoms with Crippen LogP contribution in [0.4, 0.5) is 13.2 Å². The van der Waals surface area contributed by atoms with E-state index in [1.54, 1.807) is 0 Å². The Hall–Kier alpha value is -2.21. The molecule has 0 aromatic carbocycles. The topological polar surface area (TPSA) is 95.4 Å². The molecule has 0 atom stereocenters. The zero-order chi connectivity index (χ0) is 18.0. The van der Waals surface area contributed by atoms with Crippen LogP contribution in [0.1, 0.15) is 16.6 Å². The second-order valence-corrected chi connectivity index (χ2v) is 6.64. The number of esters is 1. The van der Waals surface area contributed by atoms with Gasteiger partial charge in [-0.1, -0.05) is 0 Å². The van der Waals surface area contributed by atoms with Crippen molar-refractivity contribution in [2.75, 3.05) is 6.61 Å². The number of carbonyl (C=O) groups excluding carboxylic acids is 1. The third kappa shape index (κ3) is 3.82. The van der Waals surface area contributed by atoms with E-state index in [1.807, 2.05) is 0 Å². The highest BCUT2D eigenvalue weighted by atomic mass is 32.2. The molecular formula is C12H9F3N2O5S2. The molecule has 2 aromatic heterocycles. The van der Waals surface area contributed by atoms with E-state index in [9.17, 15) is 26.4 Å². The highest BCUT2D eigenvalue weighted by Gasteiger charge is 2.49. The summed E-state index contributed by atoms with van der Waals surface area (Å²) in [6.07, 6.45) is 2.80. The smallest absolute Gasteiger partial charge is 0.462 e. The standard InChI is InChI=1S/C12H9F3N2O5S2/c1-2-21-11(18)8-9(22-24(19,20)12(13,14)15)17-10(23-8)7-4-3-5-16-6-7/h3-6H,2H2,1H3. The molecule has 0 saturated carbocycles. The zero-order valence-corrected chi connectivity index (χ0v) is 13.5. The highest BCUT2D eigenvalue weighted by Crippen LogP contribution is 2.35. The number of carbonyl (C=O) groups is 1. The minimum atomic E-state index is -5.97. The van der Waals surface area contributed by atoms with Crippen molar-refractivity contribution in [3.05, 3.63) is 29.4 Å². The summed E-state index contributed by atoms with van der Waals surface area (Å²) in [6, 6.07) is 3.07. The summed E-state index contributed by atoms with van der Waals surface area (Å²) in [5.41, 5.74) is -5.29. The van der Waals surface area contributed by atoms with Crippen molar-refractivity contribution in [1.82, 2.24) is 9.97 Å². The molecule has 0 spiro atoms. The van der Waals surface area contributed by atoms with E-state index in [-0.39, 0.29) is 11.6 Å². The predicted molar refractivity (Wildman–Crippen MR) is 76.9 cm³/mol. The first-order valence-corrected chi connectivity index (χ1v) is 8.47. The summed E-state index contributed by atoms with van der Waals surface area (Å²) >= 11 is 0.630. The van der Waals surface area contributed by atoms with Crippen LogP contribution < -0.4 is 4.18 Å². The van der Waals surface area contributed by atoms with Gasteiger partial charge >= 0.3 is 21.6 Å². The molecule has 0 aliphatic carbocycles. The van der Waals surface area contributed by atoms with Gasteiger partial charge < -0.3 is 8.92 Å². The molecule has 0 saturated heterocycles. The van der Waals surface area contributed by atoms with Gasteiger partial charge in [0.05, 0.1) is 6.61 Å². The van der Waals surface area contributed by atoms with Gasteiger partial charge in [0.2, 0.25) is 0 Å². The Morgan fingerprint density at radius 2 is 2.08 bits per heavy atom. The zero-order valence-electron chi connectivity index (χ0n) is 11.9. The number of alkyl halides is 3. The SMILES string of the molecule is CCOC(=O)c1sc(-c2cccnc2)nc1OS(=O)(=O)C(F)(F)F. The first-order chi connectivity index (χ1) is 11.2. The quantitative estimate of drug-likeness (QED) is 0.446. The summed E-state index contributed by atoms with van der Waals surface area (Å²) in [4.78, 5) is 18.8. The van der Waals surface area contributed by atoms with Gasteiger partial charge in [0.25, 0.3) is 5.88 Å². The lowest BCUT2D eigenvalue weighted by Gasteiger charge is -2.08. The molecule has 24 heavy (non-hydrogen) atoms. The molecule has 0 aliphatic heterocycles. The predicted octanol–water partition coefficient (Wildman–Crippen LogP) is 2.61. The van der Waals surface area contributed by atoms with Crippen LogP contribution in [-0.4, -0.2) is 36.5 Å². The molecule has 0 fully saturated rings. The Kier molecular flexibility index (Phi) is 5.08. The monoisotopic (exact) mass is 382 g/mol. The van der Waals surface area contributed by atoms with Crippen LogP contribution in [0.2, 0.25) is 0 Å². The average molecular weight is 382 g/mol. The summed E-state index contributed by atoms with van der Waals surface area (Å²) in [6.45, 7) is 1.42. The summed E-state index contributed by atoms with van der Waals surface area (Å²) < 4.78 is 68.4. The van der Waals surface area contributed by atoms with Gasteiger partial charge in [-0.25, -0.2) is 4.79 Å². The van der Waals surface area contributed by atoms with Crippen molar-refractivity contribution >= 4 is 27.4 Å². The van der Waals surface area contributed by atoms with E-state index in [1.165, 1.54) is 31.5 Å². The number of hydrogen-bond acceptors (Lipinski definition) is 8. The highest BCUT2D eigenvalue weighted by molar-refractivity contribution is 7.88. The van der Waals surface area contributed by atoms with Crippen molar-refractivity contribution < 1.29 is 35.3 Å². The molecule has 7 nitrogen and oxygen atoms in total.